The Morgan fingerprint density at radius 2 is 1.49 bits per heavy atom. The zero-order valence-electron chi connectivity index (χ0n) is 26.7. The number of phenolic OH excluding ortho intramolecular Hbond substituents is 1. The van der Waals surface area contributed by atoms with Crippen molar-refractivity contribution in [2.24, 2.45) is 23.7 Å². The summed E-state index contributed by atoms with van der Waals surface area (Å²) < 4.78 is 5.82. The normalized spacial score (nSPS) is 27.5. The first-order valence-electron chi connectivity index (χ1n) is 16.6. The number of anilines is 2. The van der Waals surface area contributed by atoms with Gasteiger partial charge in [-0.05, 0) is 67.6 Å². The van der Waals surface area contributed by atoms with E-state index in [1.165, 1.54) is 9.80 Å². The van der Waals surface area contributed by atoms with Crippen LogP contribution >= 0.6 is 11.6 Å². The number of hydrogen-bond donors (Lipinski definition) is 1. The molecule has 2 saturated heterocycles. The molecule has 2 heterocycles. The molecule has 4 aromatic rings. The number of phenols is 1. The summed E-state index contributed by atoms with van der Waals surface area (Å²) in [5, 5.41) is 12.2. The number of halogens is 1. The summed E-state index contributed by atoms with van der Waals surface area (Å²) in [6.07, 6.45) is 2.42. The van der Waals surface area contributed by atoms with E-state index in [-0.39, 0.29) is 36.2 Å². The summed E-state index contributed by atoms with van der Waals surface area (Å²) in [7, 11) is 0. The summed E-state index contributed by atoms with van der Waals surface area (Å²) in [5.74, 6) is -5.05. The van der Waals surface area contributed by atoms with Gasteiger partial charge in [0.05, 0.1) is 41.2 Å². The number of carbonyl (C=O) groups is 4. The third kappa shape index (κ3) is 4.43. The van der Waals surface area contributed by atoms with Gasteiger partial charge in [-0.15, -0.1) is 0 Å². The third-order valence-electron chi connectivity index (χ3n) is 10.8. The molecular weight excluding hydrogens is 640 g/mol. The molecule has 4 amide bonds. The number of benzene rings is 4. The number of imide groups is 2. The second kappa shape index (κ2) is 11.7. The average molecular weight is 673 g/mol. The molecule has 246 valence electrons. The topological polar surface area (TPSA) is 104 Å². The van der Waals surface area contributed by atoms with E-state index >= 15 is 4.79 Å². The van der Waals surface area contributed by atoms with Crippen LogP contribution in [0, 0.1) is 23.7 Å². The second-order valence-electron chi connectivity index (χ2n) is 13.1. The van der Waals surface area contributed by atoms with Crippen molar-refractivity contribution in [1.29, 1.82) is 0 Å². The zero-order chi connectivity index (χ0) is 34.0. The van der Waals surface area contributed by atoms with E-state index in [2.05, 4.69) is 0 Å². The van der Waals surface area contributed by atoms with Crippen molar-refractivity contribution in [3.8, 4) is 11.5 Å². The van der Waals surface area contributed by atoms with Crippen molar-refractivity contribution in [3.05, 3.63) is 131 Å². The number of hydrogen-bond acceptors (Lipinski definition) is 6. The van der Waals surface area contributed by atoms with Crippen LogP contribution in [0.5, 0.6) is 11.5 Å². The molecule has 0 aromatic heterocycles. The first kappa shape index (κ1) is 31.1. The van der Waals surface area contributed by atoms with Crippen LogP contribution in [0.15, 0.2) is 115 Å². The fourth-order valence-corrected chi connectivity index (χ4v) is 9.15. The molecule has 0 unspecified atom stereocenters. The molecule has 2 aliphatic carbocycles. The van der Waals surface area contributed by atoms with Crippen LogP contribution in [0.25, 0.3) is 0 Å². The standard InChI is InChI=1S/C40H33ClN2O6/c1-2-49-32-18-10-17-29(35(32)44)34-27-19-20-28-33(38(47)42(36(28)45)25-14-7-4-8-15-25)30(27)22-31-37(46)43(26-16-9-13-24(41)21-26)39(48)40(31,34)23-11-5-3-6-12-23/h3-19,21,28,30-31,33-34,44H,2,20,22H2,1H3/t28-,30+,31-,33-,34+,40+/m0/s1. The Kier molecular flexibility index (Phi) is 7.45. The number of carbonyl (C=O) groups excluding carboxylic acids is 4. The van der Waals surface area contributed by atoms with E-state index in [1.807, 2.05) is 49.4 Å². The smallest absolute Gasteiger partial charge is 0.246 e. The van der Waals surface area contributed by atoms with Crippen LogP contribution in [0.4, 0.5) is 11.4 Å². The van der Waals surface area contributed by atoms with E-state index in [0.29, 0.717) is 34.1 Å². The molecule has 4 aliphatic rings. The van der Waals surface area contributed by atoms with Crippen molar-refractivity contribution in [1.82, 2.24) is 0 Å². The largest absolute Gasteiger partial charge is 0.504 e. The molecule has 3 fully saturated rings. The maximum absolute atomic E-state index is 15.3. The molecule has 8 rings (SSSR count). The fourth-order valence-electron chi connectivity index (χ4n) is 8.96. The molecule has 0 spiro atoms. The Morgan fingerprint density at radius 1 is 0.796 bits per heavy atom. The van der Waals surface area contributed by atoms with Gasteiger partial charge in [0.25, 0.3) is 0 Å². The monoisotopic (exact) mass is 672 g/mol. The molecule has 9 heteroatoms. The van der Waals surface area contributed by atoms with Crippen LogP contribution < -0.4 is 14.5 Å². The van der Waals surface area contributed by atoms with Gasteiger partial charge >= 0.3 is 0 Å². The van der Waals surface area contributed by atoms with Gasteiger partial charge in [0.15, 0.2) is 11.5 Å². The van der Waals surface area contributed by atoms with Gasteiger partial charge in [-0.25, -0.2) is 4.90 Å². The zero-order valence-corrected chi connectivity index (χ0v) is 27.4. The molecule has 1 N–H and O–H groups in total. The number of amides is 4. The lowest BCUT2D eigenvalue weighted by molar-refractivity contribution is -0.127. The summed E-state index contributed by atoms with van der Waals surface area (Å²) in [4.78, 5) is 61.0. The lowest BCUT2D eigenvalue weighted by Crippen LogP contribution is -2.53. The minimum atomic E-state index is -1.50. The third-order valence-corrected chi connectivity index (χ3v) is 11.1. The van der Waals surface area contributed by atoms with Crippen molar-refractivity contribution in [2.45, 2.75) is 31.1 Å². The van der Waals surface area contributed by atoms with E-state index in [9.17, 15) is 19.5 Å². The molecule has 49 heavy (non-hydrogen) atoms. The number of para-hydroxylation sites is 2. The van der Waals surface area contributed by atoms with E-state index in [4.69, 9.17) is 16.3 Å². The number of nitrogens with zero attached hydrogens (tertiary/aromatic N) is 2. The Labute approximate surface area is 288 Å². The minimum absolute atomic E-state index is 0.131. The number of aromatic hydroxyl groups is 1. The summed E-state index contributed by atoms with van der Waals surface area (Å²) in [6.45, 7) is 2.12. The maximum Gasteiger partial charge on any atom is 0.246 e. The Balaban J connectivity index is 1.38. The molecule has 4 aromatic carbocycles. The summed E-state index contributed by atoms with van der Waals surface area (Å²) >= 11 is 6.39. The predicted octanol–water partition coefficient (Wildman–Crippen LogP) is 6.81. The highest BCUT2D eigenvalue weighted by Gasteiger charge is 2.70. The van der Waals surface area contributed by atoms with Gasteiger partial charge in [-0.1, -0.05) is 90.0 Å². The van der Waals surface area contributed by atoms with Gasteiger partial charge in [-0.3, -0.25) is 24.1 Å². The average Bonchev–Trinajstić information content (AvgIpc) is 3.51. The number of ether oxygens (including phenoxy) is 1. The Morgan fingerprint density at radius 3 is 2.20 bits per heavy atom. The minimum Gasteiger partial charge on any atom is -0.504 e. The SMILES string of the molecule is CCOc1cccc([C@H]2C3=CC[C@@H]4C(=O)N(c5ccccc5)C(=O)[C@@H]4[C@@H]3C[C@H]3C(=O)N(c4cccc(Cl)c4)C(=O)[C@@]23c2ccccc2)c1O. The molecule has 8 nitrogen and oxygen atoms in total. The van der Waals surface area contributed by atoms with Crippen LogP contribution in [0.1, 0.15) is 36.8 Å². The highest BCUT2D eigenvalue weighted by molar-refractivity contribution is 6.32. The lowest BCUT2D eigenvalue weighted by Gasteiger charge is -2.50. The number of fused-ring (bicyclic) bond motifs is 4. The first-order valence-corrected chi connectivity index (χ1v) is 16.9. The van der Waals surface area contributed by atoms with E-state index in [1.54, 1.807) is 66.7 Å². The Hall–Kier alpha value is -5.21. The first-order chi connectivity index (χ1) is 23.8. The second-order valence-corrected chi connectivity index (χ2v) is 13.5. The van der Waals surface area contributed by atoms with Crippen molar-refractivity contribution in [2.75, 3.05) is 16.4 Å². The van der Waals surface area contributed by atoms with Gasteiger partial charge in [0, 0.05) is 16.5 Å². The molecule has 2 aliphatic heterocycles. The van der Waals surface area contributed by atoms with Gasteiger partial charge in [-0.2, -0.15) is 0 Å². The van der Waals surface area contributed by atoms with Crippen LogP contribution in [-0.4, -0.2) is 35.3 Å². The predicted molar refractivity (Wildman–Crippen MR) is 184 cm³/mol. The van der Waals surface area contributed by atoms with Crippen LogP contribution in [-0.2, 0) is 24.6 Å². The molecule has 1 saturated carbocycles. The number of allylic oxidation sites excluding steroid dienone is 2. The van der Waals surface area contributed by atoms with Crippen LogP contribution in [0.3, 0.4) is 0 Å². The van der Waals surface area contributed by atoms with Crippen LogP contribution in [0.2, 0.25) is 5.02 Å². The summed E-state index contributed by atoms with van der Waals surface area (Å²) in [6, 6.07) is 29.9. The Bertz CT molecular complexity index is 2050. The molecular formula is C40H33ClN2O6. The van der Waals surface area contributed by atoms with E-state index < -0.39 is 46.8 Å². The highest BCUT2D eigenvalue weighted by Crippen LogP contribution is 2.65. The molecule has 0 radical (unpaired) electrons. The van der Waals surface area contributed by atoms with E-state index in [0.717, 1.165) is 5.57 Å². The quantitative estimate of drug-likeness (QED) is 0.178. The van der Waals surface area contributed by atoms with Crippen molar-refractivity contribution >= 4 is 46.6 Å². The van der Waals surface area contributed by atoms with Gasteiger partial charge in [0.1, 0.15) is 0 Å². The molecule has 0 bridgehead atoms. The fraction of sp³-hybridized carbons (Fsp3) is 0.250. The number of rotatable bonds is 6. The van der Waals surface area contributed by atoms with Crippen molar-refractivity contribution < 1.29 is 29.0 Å². The van der Waals surface area contributed by atoms with Gasteiger partial charge in [0.2, 0.25) is 23.6 Å². The molecule has 6 atom stereocenters. The maximum atomic E-state index is 15.3. The lowest BCUT2D eigenvalue weighted by atomic mass is 9.49. The highest BCUT2D eigenvalue weighted by atomic mass is 35.5. The van der Waals surface area contributed by atoms with Crippen molar-refractivity contribution in [3.63, 3.8) is 0 Å². The summed E-state index contributed by atoms with van der Waals surface area (Å²) in [5.41, 5.74) is 1.14. The van der Waals surface area contributed by atoms with Gasteiger partial charge < -0.3 is 9.84 Å².